The van der Waals surface area contributed by atoms with Gasteiger partial charge in [-0.3, -0.25) is 21.7 Å². The first-order valence-corrected chi connectivity index (χ1v) is 10.5. The van der Waals surface area contributed by atoms with Crippen molar-refractivity contribution in [2.45, 2.75) is 95.9 Å². The van der Waals surface area contributed by atoms with Gasteiger partial charge in [0.15, 0.2) is 0 Å². The average molecular weight is 466 g/mol. The number of carboxylic acids is 2. The molecular formula is C26H42O4Ti. The van der Waals surface area contributed by atoms with E-state index in [1.54, 1.807) is 13.8 Å². The van der Waals surface area contributed by atoms with E-state index >= 15 is 0 Å². The first kappa shape index (κ1) is 34.2. The van der Waals surface area contributed by atoms with Crippen LogP contribution in [0.25, 0.3) is 0 Å². The summed E-state index contributed by atoms with van der Waals surface area (Å²) >= 11 is 0. The molecule has 0 saturated carbocycles. The first-order valence-electron chi connectivity index (χ1n) is 10.5. The van der Waals surface area contributed by atoms with E-state index < -0.39 is 11.9 Å². The van der Waals surface area contributed by atoms with Crippen LogP contribution in [0.5, 0.6) is 0 Å². The van der Waals surface area contributed by atoms with Gasteiger partial charge >= 0.3 is 33.7 Å². The molecule has 0 aromatic rings. The Kier molecular flexibility index (Phi) is 16.2. The van der Waals surface area contributed by atoms with Gasteiger partial charge in [0, 0.05) is 12.8 Å². The van der Waals surface area contributed by atoms with Crippen LogP contribution in [0.3, 0.4) is 0 Å². The zero-order valence-corrected chi connectivity index (χ0v) is 23.2. The number of rotatable bonds is 2. The predicted molar refractivity (Wildman–Crippen MR) is 125 cm³/mol. The molecule has 31 heavy (non-hydrogen) atoms. The van der Waals surface area contributed by atoms with Crippen molar-refractivity contribution in [2.75, 3.05) is 0 Å². The van der Waals surface area contributed by atoms with Crippen molar-refractivity contribution >= 4 is 11.9 Å². The van der Waals surface area contributed by atoms with Crippen molar-refractivity contribution in [3.8, 4) is 0 Å². The molecule has 0 aromatic heterocycles. The van der Waals surface area contributed by atoms with Gasteiger partial charge in [-0.25, -0.2) is 11.1 Å². The Bertz CT molecular complexity index is 683. The standard InChI is InChI=1S/2C10H15.2C3H6O2.Ti/c2*1-7-6-10(4,5)9(3)8(7)2;2*1-2-3(4)5;/h2*1-5H3;2*2H2,1H3,(H,4,5);/q2*-1;;;+2. The molecule has 0 saturated heterocycles. The Morgan fingerprint density at radius 2 is 0.871 bits per heavy atom. The quantitative estimate of drug-likeness (QED) is 0.334. The van der Waals surface area contributed by atoms with E-state index in [2.05, 4.69) is 81.4 Å². The minimum absolute atomic E-state index is 0. The third-order valence-corrected chi connectivity index (χ3v) is 5.73. The molecular weight excluding hydrogens is 424 g/mol. The summed E-state index contributed by atoms with van der Waals surface area (Å²) in [6.45, 7) is 25.0. The van der Waals surface area contributed by atoms with E-state index in [1.807, 2.05) is 0 Å². The monoisotopic (exact) mass is 466 g/mol. The normalized spacial score (nSPS) is 17.5. The number of carboxylic acid groups (broad SMARTS) is 2. The molecule has 0 aliphatic heterocycles. The SMILES string of the molecule is CC1=[C-]C(C)(C)C(C)=C1C.CC1=[C-]C(C)(C)C(C)=C1C.CCC(=O)O.CCC(=O)O.[Ti+2]. The Labute approximate surface area is 205 Å². The van der Waals surface area contributed by atoms with Gasteiger partial charge in [-0.1, -0.05) is 80.1 Å². The fraction of sp³-hybridized carbons (Fsp3) is 0.615. The molecule has 0 unspecified atom stereocenters. The minimum atomic E-state index is -0.745. The maximum Gasteiger partial charge on any atom is 2.00 e. The second kappa shape index (κ2) is 14.6. The molecule has 2 rings (SSSR count). The van der Waals surface area contributed by atoms with Crippen LogP contribution in [0.2, 0.25) is 0 Å². The van der Waals surface area contributed by atoms with E-state index in [0.29, 0.717) is 0 Å². The third-order valence-electron chi connectivity index (χ3n) is 5.73. The molecule has 4 nitrogen and oxygen atoms in total. The van der Waals surface area contributed by atoms with Gasteiger partial charge < -0.3 is 10.2 Å². The van der Waals surface area contributed by atoms with Crippen molar-refractivity contribution in [1.29, 1.82) is 0 Å². The van der Waals surface area contributed by atoms with Crippen LogP contribution in [-0.2, 0) is 31.3 Å². The Morgan fingerprint density at radius 3 is 0.903 bits per heavy atom. The number of aliphatic carboxylic acids is 2. The van der Waals surface area contributed by atoms with Crippen LogP contribution in [0, 0.1) is 23.0 Å². The van der Waals surface area contributed by atoms with Crippen molar-refractivity contribution in [3.63, 3.8) is 0 Å². The Balaban J connectivity index is -0.000000353. The molecule has 2 N–H and O–H groups in total. The summed E-state index contributed by atoms with van der Waals surface area (Å²) in [5.41, 5.74) is 8.79. The van der Waals surface area contributed by atoms with E-state index in [-0.39, 0.29) is 45.4 Å². The summed E-state index contributed by atoms with van der Waals surface area (Å²) in [6, 6.07) is 0. The molecule has 0 spiro atoms. The van der Waals surface area contributed by atoms with Gasteiger partial charge in [-0.05, 0) is 0 Å². The smallest absolute Gasteiger partial charge is 0.481 e. The van der Waals surface area contributed by atoms with Crippen LogP contribution in [0.4, 0.5) is 0 Å². The van der Waals surface area contributed by atoms with Gasteiger partial charge in [-0.2, -0.15) is 22.3 Å². The van der Waals surface area contributed by atoms with E-state index in [9.17, 15) is 9.59 Å². The minimum Gasteiger partial charge on any atom is -0.481 e. The molecule has 5 heteroatoms. The van der Waals surface area contributed by atoms with E-state index in [0.717, 1.165) is 0 Å². The fourth-order valence-electron chi connectivity index (χ4n) is 2.81. The molecule has 0 amide bonds. The summed E-state index contributed by atoms with van der Waals surface area (Å²) < 4.78 is 0. The molecule has 0 aromatic carbocycles. The van der Waals surface area contributed by atoms with Crippen molar-refractivity contribution < 1.29 is 41.5 Å². The summed E-state index contributed by atoms with van der Waals surface area (Å²) in [5, 5.41) is 15.4. The summed E-state index contributed by atoms with van der Waals surface area (Å²) in [7, 11) is 0. The van der Waals surface area contributed by atoms with Crippen molar-refractivity contribution in [2.24, 2.45) is 10.8 Å². The zero-order valence-electron chi connectivity index (χ0n) is 21.6. The molecule has 2 aliphatic rings. The topological polar surface area (TPSA) is 74.6 Å². The van der Waals surface area contributed by atoms with Crippen LogP contribution >= 0.6 is 0 Å². The fourth-order valence-corrected chi connectivity index (χ4v) is 2.81. The molecule has 0 atom stereocenters. The predicted octanol–water partition coefficient (Wildman–Crippen LogP) is 7.18. The van der Waals surface area contributed by atoms with Crippen LogP contribution in [0.1, 0.15) is 95.9 Å². The third kappa shape index (κ3) is 12.3. The Morgan fingerprint density at radius 1 is 0.677 bits per heavy atom. The summed E-state index contributed by atoms with van der Waals surface area (Å²) in [6.07, 6.45) is 7.31. The molecule has 2 aliphatic carbocycles. The second-order valence-corrected chi connectivity index (χ2v) is 8.74. The number of hydrogen-bond donors (Lipinski definition) is 2. The summed E-state index contributed by atoms with van der Waals surface area (Å²) in [4.78, 5) is 18.7. The maximum atomic E-state index is 9.37. The zero-order chi connectivity index (χ0) is 24.4. The van der Waals surface area contributed by atoms with Gasteiger partial charge in [0.05, 0.1) is 0 Å². The number of allylic oxidation sites excluding steroid dienone is 8. The van der Waals surface area contributed by atoms with Gasteiger partial charge in [0.1, 0.15) is 0 Å². The molecule has 174 valence electrons. The average Bonchev–Trinajstić information content (AvgIpc) is 2.93. The summed E-state index contributed by atoms with van der Waals surface area (Å²) in [5.74, 6) is -1.49. The maximum absolute atomic E-state index is 9.37. The van der Waals surface area contributed by atoms with Crippen LogP contribution in [-0.4, -0.2) is 22.2 Å². The number of carbonyl (C=O) groups is 2. The van der Waals surface area contributed by atoms with Gasteiger partial charge in [-0.15, -0.1) is 13.8 Å². The van der Waals surface area contributed by atoms with E-state index in [1.165, 1.54) is 33.4 Å². The number of hydrogen-bond acceptors (Lipinski definition) is 2. The van der Waals surface area contributed by atoms with Crippen LogP contribution in [0.15, 0.2) is 33.4 Å². The van der Waals surface area contributed by atoms with Gasteiger partial charge in [0.25, 0.3) is 0 Å². The Hall–Kier alpha value is -1.39. The van der Waals surface area contributed by atoms with Crippen molar-refractivity contribution in [3.05, 3.63) is 45.6 Å². The molecule has 0 radical (unpaired) electrons. The van der Waals surface area contributed by atoms with E-state index in [4.69, 9.17) is 10.2 Å². The molecule has 0 heterocycles. The first-order chi connectivity index (χ1) is 13.4. The van der Waals surface area contributed by atoms with Crippen LogP contribution < -0.4 is 0 Å². The van der Waals surface area contributed by atoms with Crippen molar-refractivity contribution in [1.82, 2.24) is 0 Å². The second-order valence-electron chi connectivity index (χ2n) is 8.74. The largest absolute Gasteiger partial charge is 2.00 e. The molecule has 0 fully saturated rings. The molecule has 0 bridgehead atoms. The van der Waals surface area contributed by atoms with Gasteiger partial charge in [0.2, 0.25) is 0 Å².